The topological polar surface area (TPSA) is 24.5 Å². The summed E-state index contributed by atoms with van der Waals surface area (Å²) >= 11 is 0. The van der Waals surface area contributed by atoms with Gasteiger partial charge in [0, 0.05) is 26.3 Å². The van der Waals surface area contributed by atoms with Crippen LogP contribution in [0.1, 0.15) is 40.0 Å². The first-order valence-corrected chi connectivity index (χ1v) is 7.35. The van der Waals surface area contributed by atoms with Crippen LogP contribution in [0.3, 0.4) is 0 Å². The Kier molecular flexibility index (Phi) is 6.61. The van der Waals surface area contributed by atoms with E-state index in [0.717, 1.165) is 25.5 Å². The average molecular weight is 256 g/mol. The quantitative estimate of drug-likeness (QED) is 0.757. The maximum Gasteiger partial charge on any atom is 0.0467 e. The van der Waals surface area contributed by atoms with Gasteiger partial charge in [0.05, 0.1) is 0 Å². The van der Waals surface area contributed by atoms with E-state index in [-0.39, 0.29) is 0 Å². The number of likely N-dealkylation sites (tertiary alicyclic amines) is 1. The number of hydrogen-bond donors (Lipinski definition) is 1. The highest BCUT2D eigenvalue weighted by molar-refractivity contribution is 4.81. The second kappa shape index (κ2) is 7.46. The van der Waals surface area contributed by atoms with Crippen molar-refractivity contribution < 1.29 is 4.74 Å². The van der Waals surface area contributed by atoms with Gasteiger partial charge in [0.1, 0.15) is 0 Å². The van der Waals surface area contributed by atoms with Gasteiger partial charge in [-0.3, -0.25) is 0 Å². The molecule has 0 bridgehead atoms. The van der Waals surface area contributed by atoms with Crippen molar-refractivity contribution in [1.29, 1.82) is 0 Å². The number of piperidine rings is 1. The number of ether oxygens (including phenoxy) is 1. The molecule has 1 unspecified atom stereocenters. The van der Waals surface area contributed by atoms with Crippen molar-refractivity contribution in [2.45, 2.75) is 46.1 Å². The molecule has 1 atom stereocenters. The highest BCUT2D eigenvalue weighted by atomic mass is 16.5. The zero-order chi connectivity index (χ0) is 13.6. The third-order valence-corrected chi connectivity index (χ3v) is 4.36. The third kappa shape index (κ3) is 5.68. The Morgan fingerprint density at radius 2 is 1.94 bits per heavy atom. The van der Waals surface area contributed by atoms with Crippen molar-refractivity contribution in [2.24, 2.45) is 11.3 Å². The van der Waals surface area contributed by atoms with Gasteiger partial charge in [-0.25, -0.2) is 0 Å². The molecule has 0 spiro atoms. The van der Waals surface area contributed by atoms with Crippen molar-refractivity contribution in [1.82, 2.24) is 10.2 Å². The van der Waals surface area contributed by atoms with Crippen LogP contribution in [-0.4, -0.2) is 51.3 Å². The molecule has 1 N–H and O–H groups in total. The predicted molar refractivity (Wildman–Crippen MR) is 78.0 cm³/mol. The van der Waals surface area contributed by atoms with Gasteiger partial charge in [0.15, 0.2) is 0 Å². The normalized spacial score (nSPS) is 21.2. The molecule has 0 saturated carbocycles. The van der Waals surface area contributed by atoms with Crippen LogP contribution < -0.4 is 5.32 Å². The minimum Gasteiger partial charge on any atom is -0.385 e. The number of hydrogen-bond acceptors (Lipinski definition) is 3. The summed E-state index contributed by atoms with van der Waals surface area (Å²) in [6, 6.07) is 0.639. The van der Waals surface area contributed by atoms with Gasteiger partial charge >= 0.3 is 0 Å². The van der Waals surface area contributed by atoms with E-state index in [2.05, 4.69) is 38.0 Å². The van der Waals surface area contributed by atoms with Crippen LogP contribution in [0.2, 0.25) is 0 Å². The van der Waals surface area contributed by atoms with E-state index in [4.69, 9.17) is 4.74 Å². The summed E-state index contributed by atoms with van der Waals surface area (Å²) in [5.74, 6) is 0.847. The first-order chi connectivity index (χ1) is 8.44. The Labute approximate surface area is 113 Å². The molecule has 0 aromatic rings. The SMILES string of the molecule is COCCC(C)(C)CNC(C)C1CCN(C)CC1. The molecule has 108 valence electrons. The summed E-state index contributed by atoms with van der Waals surface area (Å²) in [5.41, 5.74) is 0.329. The summed E-state index contributed by atoms with van der Waals surface area (Å²) in [5, 5.41) is 3.74. The maximum atomic E-state index is 5.18. The summed E-state index contributed by atoms with van der Waals surface area (Å²) in [4.78, 5) is 2.44. The number of methoxy groups -OCH3 is 1. The molecule has 1 aliphatic heterocycles. The minimum atomic E-state index is 0.329. The second-order valence-electron chi connectivity index (χ2n) is 6.72. The largest absolute Gasteiger partial charge is 0.385 e. The van der Waals surface area contributed by atoms with E-state index in [1.54, 1.807) is 7.11 Å². The fourth-order valence-corrected chi connectivity index (χ4v) is 2.60. The highest BCUT2D eigenvalue weighted by Gasteiger charge is 2.24. The van der Waals surface area contributed by atoms with Crippen molar-refractivity contribution >= 4 is 0 Å². The standard InChI is InChI=1S/C15H32N2O/c1-13(14-6-9-17(4)10-7-14)16-12-15(2,3)8-11-18-5/h13-14,16H,6-12H2,1-5H3. The molecule has 1 fully saturated rings. The van der Waals surface area contributed by atoms with Crippen LogP contribution in [0.5, 0.6) is 0 Å². The van der Waals surface area contributed by atoms with E-state index in [9.17, 15) is 0 Å². The lowest BCUT2D eigenvalue weighted by Crippen LogP contribution is -2.43. The fraction of sp³-hybridized carbons (Fsp3) is 1.00. The molecule has 0 aromatic heterocycles. The molecule has 0 aliphatic carbocycles. The van der Waals surface area contributed by atoms with Crippen molar-refractivity contribution in [3.63, 3.8) is 0 Å². The Balaban J connectivity index is 2.25. The van der Waals surface area contributed by atoms with Crippen molar-refractivity contribution in [3.05, 3.63) is 0 Å². The van der Waals surface area contributed by atoms with Crippen LogP contribution in [0.4, 0.5) is 0 Å². The molecule has 1 heterocycles. The van der Waals surface area contributed by atoms with Crippen LogP contribution in [0.25, 0.3) is 0 Å². The van der Waals surface area contributed by atoms with E-state index >= 15 is 0 Å². The van der Waals surface area contributed by atoms with Gasteiger partial charge in [-0.1, -0.05) is 13.8 Å². The molecular weight excluding hydrogens is 224 g/mol. The van der Waals surface area contributed by atoms with Gasteiger partial charge in [-0.2, -0.15) is 0 Å². The van der Waals surface area contributed by atoms with Gasteiger partial charge < -0.3 is 15.0 Å². The Hall–Kier alpha value is -0.120. The van der Waals surface area contributed by atoms with E-state index in [1.807, 2.05) is 0 Å². The maximum absolute atomic E-state index is 5.18. The fourth-order valence-electron chi connectivity index (χ4n) is 2.60. The van der Waals surface area contributed by atoms with Gasteiger partial charge in [0.2, 0.25) is 0 Å². The summed E-state index contributed by atoms with van der Waals surface area (Å²) in [7, 11) is 4.01. The van der Waals surface area contributed by atoms with Crippen LogP contribution in [-0.2, 0) is 4.74 Å². The summed E-state index contributed by atoms with van der Waals surface area (Å²) < 4.78 is 5.18. The third-order valence-electron chi connectivity index (χ3n) is 4.36. The Morgan fingerprint density at radius 1 is 1.33 bits per heavy atom. The summed E-state index contributed by atoms with van der Waals surface area (Å²) in [6.07, 6.45) is 3.79. The molecule has 18 heavy (non-hydrogen) atoms. The Morgan fingerprint density at radius 3 is 2.50 bits per heavy atom. The first-order valence-electron chi connectivity index (χ1n) is 7.35. The number of rotatable bonds is 7. The van der Waals surface area contributed by atoms with Gasteiger partial charge in [0.25, 0.3) is 0 Å². The van der Waals surface area contributed by atoms with E-state index in [0.29, 0.717) is 11.5 Å². The lowest BCUT2D eigenvalue weighted by molar-refractivity contribution is 0.141. The number of nitrogens with zero attached hydrogens (tertiary/aromatic N) is 1. The monoisotopic (exact) mass is 256 g/mol. The van der Waals surface area contributed by atoms with Gasteiger partial charge in [-0.05, 0) is 57.7 Å². The molecule has 0 radical (unpaired) electrons. The highest BCUT2D eigenvalue weighted by Crippen LogP contribution is 2.22. The minimum absolute atomic E-state index is 0.329. The second-order valence-corrected chi connectivity index (χ2v) is 6.72. The van der Waals surface area contributed by atoms with Crippen molar-refractivity contribution in [3.8, 4) is 0 Å². The zero-order valence-corrected chi connectivity index (χ0v) is 13.0. The van der Waals surface area contributed by atoms with E-state index in [1.165, 1.54) is 25.9 Å². The zero-order valence-electron chi connectivity index (χ0n) is 13.0. The van der Waals surface area contributed by atoms with Crippen molar-refractivity contribution in [2.75, 3.05) is 40.4 Å². The van der Waals surface area contributed by atoms with E-state index < -0.39 is 0 Å². The molecule has 1 aliphatic rings. The molecule has 0 aromatic carbocycles. The summed E-state index contributed by atoms with van der Waals surface area (Å²) in [6.45, 7) is 11.4. The Bertz CT molecular complexity index is 223. The molecular formula is C15H32N2O. The lowest BCUT2D eigenvalue weighted by Gasteiger charge is -2.35. The van der Waals surface area contributed by atoms with Crippen LogP contribution in [0.15, 0.2) is 0 Å². The predicted octanol–water partition coefficient (Wildman–Crippen LogP) is 2.37. The smallest absolute Gasteiger partial charge is 0.0467 e. The molecule has 1 rings (SSSR count). The van der Waals surface area contributed by atoms with Gasteiger partial charge in [-0.15, -0.1) is 0 Å². The van der Waals surface area contributed by atoms with Crippen LogP contribution in [0, 0.1) is 11.3 Å². The number of nitrogens with one attached hydrogen (secondary N) is 1. The lowest BCUT2D eigenvalue weighted by atomic mass is 9.87. The molecule has 0 amide bonds. The molecule has 3 heteroatoms. The molecule has 3 nitrogen and oxygen atoms in total. The van der Waals surface area contributed by atoms with Crippen LogP contribution >= 0.6 is 0 Å². The molecule has 1 saturated heterocycles. The average Bonchev–Trinajstić information content (AvgIpc) is 2.35. The first kappa shape index (κ1) is 15.9.